The van der Waals surface area contributed by atoms with Gasteiger partial charge in [0.15, 0.2) is 0 Å². The summed E-state index contributed by atoms with van der Waals surface area (Å²) >= 11 is 0. The average molecular weight is 453 g/mol. The number of rotatable bonds is 10. The minimum atomic E-state index is -0.980. The van der Waals surface area contributed by atoms with Crippen molar-refractivity contribution in [2.45, 2.75) is 58.0 Å². The molecule has 2 aromatic rings. The number of amides is 2. The summed E-state index contributed by atoms with van der Waals surface area (Å²) in [5.41, 5.74) is 4.51. The number of hydrogen-bond donors (Lipinski definition) is 3. The summed E-state index contributed by atoms with van der Waals surface area (Å²) in [7, 11) is 0. The first-order valence-electron chi connectivity index (χ1n) is 11.4. The van der Waals surface area contributed by atoms with Gasteiger partial charge in [-0.05, 0) is 41.0 Å². The number of carboxylic acid groups (broad SMARTS) is 1. The van der Waals surface area contributed by atoms with Crippen LogP contribution in [0.15, 0.2) is 48.5 Å². The second-order valence-corrected chi connectivity index (χ2v) is 8.86. The molecule has 3 N–H and O–H groups in total. The van der Waals surface area contributed by atoms with Gasteiger partial charge in [0.2, 0.25) is 5.91 Å². The van der Waals surface area contributed by atoms with Gasteiger partial charge in [-0.1, -0.05) is 69.3 Å². The number of carboxylic acids is 1. The molecule has 0 saturated carbocycles. The van der Waals surface area contributed by atoms with E-state index in [1.54, 1.807) is 0 Å². The molecular formula is C26H32N2O5. The summed E-state index contributed by atoms with van der Waals surface area (Å²) in [6.07, 6.45) is 0.0716. The average Bonchev–Trinajstić information content (AvgIpc) is 3.10. The van der Waals surface area contributed by atoms with Crippen LogP contribution in [0.1, 0.15) is 57.1 Å². The highest BCUT2D eigenvalue weighted by molar-refractivity contribution is 5.86. The zero-order valence-electron chi connectivity index (χ0n) is 19.3. The van der Waals surface area contributed by atoms with Gasteiger partial charge in [-0.25, -0.2) is 4.79 Å². The van der Waals surface area contributed by atoms with Crippen molar-refractivity contribution in [2.24, 2.45) is 5.92 Å². The lowest BCUT2D eigenvalue weighted by Crippen LogP contribution is -2.50. The highest BCUT2D eigenvalue weighted by atomic mass is 16.5. The van der Waals surface area contributed by atoms with Crippen LogP contribution >= 0.6 is 0 Å². The molecule has 0 aromatic heterocycles. The van der Waals surface area contributed by atoms with Crippen LogP contribution in [0.25, 0.3) is 11.1 Å². The normalized spacial score (nSPS) is 14.2. The molecule has 2 amide bonds. The molecule has 1 unspecified atom stereocenters. The molecule has 3 rings (SSSR count). The number of carbonyl (C=O) groups excluding carboxylic acids is 2. The second kappa shape index (κ2) is 11.0. The number of alkyl carbamates (subject to hydrolysis) is 1. The Bertz CT molecular complexity index is 958. The molecule has 0 radical (unpaired) electrons. The molecule has 2 atom stereocenters. The molecule has 7 nitrogen and oxygen atoms in total. The molecule has 1 aliphatic carbocycles. The van der Waals surface area contributed by atoms with Gasteiger partial charge in [-0.2, -0.15) is 0 Å². The SMILES string of the molecule is CCC(CC(=O)O)NC(=O)[C@H](CC(C)C)NC(=O)OCC1c2ccccc2-c2ccccc21. The maximum absolute atomic E-state index is 12.8. The van der Waals surface area contributed by atoms with E-state index in [4.69, 9.17) is 9.84 Å². The van der Waals surface area contributed by atoms with E-state index in [1.807, 2.05) is 57.2 Å². The van der Waals surface area contributed by atoms with Crippen LogP contribution in [0.2, 0.25) is 0 Å². The Balaban J connectivity index is 1.65. The van der Waals surface area contributed by atoms with Gasteiger partial charge in [0, 0.05) is 12.0 Å². The smallest absolute Gasteiger partial charge is 0.407 e. The zero-order chi connectivity index (χ0) is 24.0. The molecule has 0 heterocycles. The molecule has 7 heteroatoms. The predicted octanol–water partition coefficient (Wildman–Crippen LogP) is 4.31. The molecule has 0 fully saturated rings. The number of fused-ring (bicyclic) bond motifs is 3. The van der Waals surface area contributed by atoms with Gasteiger partial charge in [0.1, 0.15) is 12.6 Å². The van der Waals surface area contributed by atoms with Crippen molar-refractivity contribution in [3.05, 3.63) is 59.7 Å². The van der Waals surface area contributed by atoms with E-state index in [0.717, 1.165) is 22.3 Å². The number of aliphatic carboxylic acids is 1. The third-order valence-electron chi connectivity index (χ3n) is 5.92. The summed E-state index contributed by atoms with van der Waals surface area (Å²) in [5.74, 6) is -1.30. The molecule has 0 bridgehead atoms. The first-order chi connectivity index (χ1) is 15.8. The first kappa shape index (κ1) is 24.3. The fourth-order valence-electron chi connectivity index (χ4n) is 4.30. The lowest BCUT2D eigenvalue weighted by Gasteiger charge is -2.23. The highest BCUT2D eigenvalue weighted by Crippen LogP contribution is 2.44. The Kier molecular flexibility index (Phi) is 8.09. The minimum Gasteiger partial charge on any atom is -0.481 e. The van der Waals surface area contributed by atoms with E-state index in [0.29, 0.717) is 12.8 Å². The van der Waals surface area contributed by atoms with Crippen molar-refractivity contribution in [3.8, 4) is 11.1 Å². The molecule has 0 spiro atoms. The van der Waals surface area contributed by atoms with Crippen molar-refractivity contribution in [1.82, 2.24) is 10.6 Å². The largest absolute Gasteiger partial charge is 0.481 e. The number of ether oxygens (including phenoxy) is 1. The Morgan fingerprint density at radius 1 is 0.970 bits per heavy atom. The van der Waals surface area contributed by atoms with Crippen molar-refractivity contribution in [2.75, 3.05) is 6.61 Å². The maximum Gasteiger partial charge on any atom is 0.407 e. The number of nitrogens with one attached hydrogen (secondary N) is 2. The van der Waals surface area contributed by atoms with Crippen LogP contribution < -0.4 is 10.6 Å². The summed E-state index contributed by atoms with van der Waals surface area (Å²) < 4.78 is 5.57. The Morgan fingerprint density at radius 3 is 2.06 bits per heavy atom. The summed E-state index contributed by atoms with van der Waals surface area (Å²) in [4.78, 5) is 36.4. The molecule has 33 heavy (non-hydrogen) atoms. The van der Waals surface area contributed by atoms with E-state index in [2.05, 4.69) is 22.8 Å². The van der Waals surface area contributed by atoms with E-state index in [9.17, 15) is 14.4 Å². The van der Waals surface area contributed by atoms with E-state index >= 15 is 0 Å². The monoisotopic (exact) mass is 452 g/mol. The van der Waals surface area contributed by atoms with Crippen LogP contribution in [-0.2, 0) is 14.3 Å². The van der Waals surface area contributed by atoms with Gasteiger partial charge in [-0.3, -0.25) is 9.59 Å². The fourth-order valence-corrected chi connectivity index (χ4v) is 4.30. The Labute approximate surface area is 194 Å². The fraction of sp³-hybridized carbons (Fsp3) is 0.423. The van der Waals surface area contributed by atoms with Gasteiger partial charge in [0.25, 0.3) is 0 Å². The Hall–Kier alpha value is -3.35. The number of carbonyl (C=O) groups is 3. The van der Waals surface area contributed by atoms with Crippen molar-refractivity contribution < 1.29 is 24.2 Å². The quantitative estimate of drug-likeness (QED) is 0.498. The topological polar surface area (TPSA) is 105 Å². The molecule has 0 saturated heterocycles. The van der Waals surface area contributed by atoms with E-state index < -0.39 is 30.1 Å². The van der Waals surface area contributed by atoms with Crippen LogP contribution in [0.4, 0.5) is 4.79 Å². The summed E-state index contributed by atoms with van der Waals surface area (Å²) in [6, 6.07) is 14.9. The highest BCUT2D eigenvalue weighted by Gasteiger charge is 2.30. The van der Waals surface area contributed by atoms with Gasteiger partial charge < -0.3 is 20.5 Å². The molecule has 2 aromatic carbocycles. The van der Waals surface area contributed by atoms with Crippen LogP contribution in [0, 0.1) is 5.92 Å². The maximum atomic E-state index is 12.8. The van der Waals surface area contributed by atoms with Crippen molar-refractivity contribution in [1.29, 1.82) is 0 Å². The number of hydrogen-bond acceptors (Lipinski definition) is 4. The number of benzene rings is 2. The zero-order valence-corrected chi connectivity index (χ0v) is 19.3. The van der Waals surface area contributed by atoms with Crippen LogP contribution in [0.3, 0.4) is 0 Å². The molecule has 176 valence electrons. The molecule has 1 aliphatic rings. The van der Waals surface area contributed by atoms with E-state index in [1.165, 1.54) is 0 Å². The first-order valence-corrected chi connectivity index (χ1v) is 11.4. The third-order valence-corrected chi connectivity index (χ3v) is 5.92. The molecular weight excluding hydrogens is 420 g/mol. The van der Waals surface area contributed by atoms with E-state index in [-0.39, 0.29) is 24.9 Å². The Morgan fingerprint density at radius 2 is 1.55 bits per heavy atom. The second-order valence-electron chi connectivity index (χ2n) is 8.86. The minimum absolute atomic E-state index is 0.0689. The van der Waals surface area contributed by atoms with Gasteiger partial charge in [0.05, 0.1) is 6.42 Å². The van der Waals surface area contributed by atoms with Gasteiger partial charge >= 0.3 is 12.1 Å². The molecule has 0 aliphatic heterocycles. The van der Waals surface area contributed by atoms with Crippen molar-refractivity contribution in [3.63, 3.8) is 0 Å². The summed E-state index contributed by atoms with van der Waals surface area (Å²) in [6.45, 7) is 5.87. The predicted molar refractivity (Wildman–Crippen MR) is 126 cm³/mol. The third kappa shape index (κ3) is 6.12. The standard InChI is InChI=1S/C26H32N2O5/c1-4-17(14-24(29)30)27-25(31)23(13-16(2)3)28-26(32)33-15-22-20-11-7-5-9-18(20)19-10-6-8-12-21(19)22/h5-12,16-17,22-23H,4,13-15H2,1-3H3,(H,27,31)(H,28,32)(H,29,30)/t17?,23-/m0/s1. The summed E-state index contributed by atoms with van der Waals surface area (Å²) in [5, 5.41) is 14.5. The van der Waals surface area contributed by atoms with Crippen LogP contribution in [-0.4, -0.2) is 41.8 Å². The lowest BCUT2D eigenvalue weighted by molar-refractivity contribution is -0.137. The van der Waals surface area contributed by atoms with Crippen molar-refractivity contribution >= 4 is 18.0 Å². The van der Waals surface area contributed by atoms with Gasteiger partial charge in [-0.15, -0.1) is 0 Å². The lowest BCUT2D eigenvalue weighted by atomic mass is 9.98. The van der Waals surface area contributed by atoms with Crippen LogP contribution in [0.5, 0.6) is 0 Å².